The van der Waals surface area contributed by atoms with Gasteiger partial charge in [0.25, 0.3) is 0 Å². The normalized spacial score (nSPS) is 21.1. The van der Waals surface area contributed by atoms with Crippen LogP contribution in [0.15, 0.2) is 40.3 Å². The van der Waals surface area contributed by atoms with E-state index in [4.69, 9.17) is 14.5 Å². The van der Waals surface area contributed by atoms with E-state index in [9.17, 15) is 14.5 Å². The summed E-state index contributed by atoms with van der Waals surface area (Å²) >= 11 is 3.97. The SMILES string of the molecule is C/C1=C\C(=NS)Cc2cc(O)cc(OP(=O)(O)O)c2C(=O)OCC/C=C/CC1. The number of cyclic esters (lactones) is 1. The maximum absolute atomic E-state index is 12.6. The molecule has 1 aliphatic heterocycles. The van der Waals surface area contributed by atoms with Crippen LogP contribution >= 0.6 is 20.6 Å². The minimum Gasteiger partial charge on any atom is -0.508 e. The van der Waals surface area contributed by atoms with Crippen molar-refractivity contribution >= 4 is 32.3 Å². The van der Waals surface area contributed by atoms with Crippen LogP contribution in [0.1, 0.15) is 42.1 Å². The number of esters is 1. The van der Waals surface area contributed by atoms with Gasteiger partial charge in [0.2, 0.25) is 0 Å². The molecular formula is C18H22NO7PS. The summed E-state index contributed by atoms with van der Waals surface area (Å²) in [5, 5.41) is 9.97. The Labute approximate surface area is 168 Å². The lowest BCUT2D eigenvalue weighted by Gasteiger charge is -2.16. The monoisotopic (exact) mass is 427 g/mol. The molecule has 28 heavy (non-hydrogen) atoms. The van der Waals surface area contributed by atoms with Crippen molar-refractivity contribution in [3.8, 4) is 11.5 Å². The Bertz CT molecular complexity index is 873. The van der Waals surface area contributed by atoms with Crippen LogP contribution in [0.2, 0.25) is 0 Å². The Morgan fingerprint density at radius 1 is 1.25 bits per heavy atom. The van der Waals surface area contributed by atoms with Gasteiger partial charge in [-0.25, -0.2) is 13.8 Å². The fourth-order valence-corrected chi connectivity index (χ4v) is 3.26. The van der Waals surface area contributed by atoms with Crippen LogP contribution in [0.4, 0.5) is 0 Å². The van der Waals surface area contributed by atoms with Gasteiger partial charge in [-0.1, -0.05) is 17.7 Å². The summed E-state index contributed by atoms with van der Waals surface area (Å²) in [5.74, 6) is -1.60. The number of carbonyl (C=O) groups is 1. The number of phosphoric ester groups is 1. The minimum absolute atomic E-state index is 0.0764. The number of nitrogens with zero attached hydrogens (tertiary/aromatic N) is 1. The number of benzene rings is 1. The fourth-order valence-electron chi connectivity index (χ4n) is 2.73. The molecule has 0 radical (unpaired) electrons. The zero-order valence-electron chi connectivity index (χ0n) is 15.2. The highest BCUT2D eigenvalue weighted by Crippen LogP contribution is 2.42. The van der Waals surface area contributed by atoms with E-state index < -0.39 is 19.5 Å². The van der Waals surface area contributed by atoms with Crippen molar-refractivity contribution in [2.75, 3.05) is 6.61 Å². The first-order valence-corrected chi connectivity index (χ1v) is 10.4. The third-order valence-corrected chi connectivity index (χ3v) is 4.58. The van der Waals surface area contributed by atoms with Gasteiger partial charge in [0.05, 0.1) is 12.3 Å². The Balaban J connectivity index is 2.57. The highest BCUT2D eigenvalue weighted by atomic mass is 32.1. The summed E-state index contributed by atoms with van der Waals surface area (Å²) in [4.78, 5) is 30.9. The first-order valence-electron chi connectivity index (χ1n) is 8.51. The topological polar surface area (TPSA) is 126 Å². The number of hydrogen-bond acceptors (Lipinski definition) is 7. The van der Waals surface area contributed by atoms with Gasteiger partial charge in [-0.15, -0.1) is 0 Å². The zero-order chi connectivity index (χ0) is 20.7. The maximum atomic E-state index is 12.6. The molecule has 10 heteroatoms. The van der Waals surface area contributed by atoms with Gasteiger partial charge in [0, 0.05) is 12.5 Å². The second-order valence-corrected chi connectivity index (χ2v) is 7.62. The maximum Gasteiger partial charge on any atom is 0.524 e. The first-order chi connectivity index (χ1) is 13.2. The fraction of sp³-hybridized carbons (Fsp3) is 0.333. The second-order valence-electron chi connectivity index (χ2n) is 6.25. The molecule has 0 amide bonds. The highest BCUT2D eigenvalue weighted by Gasteiger charge is 2.26. The molecule has 0 atom stereocenters. The van der Waals surface area contributed by atoms with Gasteiger partial charge in [0.1, 0.15) is 17.1 Å². The van der Waals surface area contributed by atoms with Crippen molar-refractivity contribution in [3.05, 3.63) is 47.1 Å². The lowest BCUT2D eigenvalue weighted by Crippen LogP contribution is -2.13. The van der Waals surface area contributed by atoms with E-state index in [1.807, 2.05) is 25.2 Å². The van der Waals surface area contributed by atoms with Crippen LogP contribution in [0.5, 0.6) is 11.5 Å². The van der Waals surface area contributed by atoms with Crippen LogP contribution in [-0.2, 0) is 15.7 Å². The number of ether oxygens (including phenoxy) is 1. The molecule has 0 aromatic heterocycles. The van der Waals surface area contributed by atoms with Crippen LogP contribution < -0.4 is 4.52 Å². The van der Waals surface area contributed by atoms with E-state index >= 15 is 0 Å². The van der Waals surface area contributed by atoms with Gasteiger partial charge in [0.15, 0.2) is 0 Å². The molecule has 3 N–H and O–H groups in total. The number of hydrogen-bond donors (Lipinski definition) is 4. The number of phenols is 1. The summed E-state index contributed by atoms with van der Waals surface area (Å²) in [5.41, 5.74) is 1.62. The van der Waals surface area contributed by atoms with Gasteiger partial charge in [-0.2, -0.15) is 0 Å². The smallest absolute Gasteiger partial charge is 0.508 e. The highest BCUT2D eigenvalue weighted by molar-refractivity contribution is 7.79. The number of aromatic hydroxyl groups is 1. The van der Waals surface area contributed by atoms with E-state index in [2.05, 4.69) is 21.7 Å². The average molecular weight is 427 g/mol. The van der Waals surface area contributed by atoms with Crippen molar-refractivity contribution in [1.29, 1.82) is 0 Å². The van der Waals surface area contributed by atoms with Gasteiger partial charge in [-0.3, -0.25) is 9.79 Å². The molecule has 152 valence electrons. The van der Waals surface area contributed by atoms with Crippen molar-refractivity contribution in [2.24, 2.45) is 4.40 Å². The summed E-state index contributed by atoms with van der Waals surface area (Å²) in [6.07, 6.45) is 7.91. The van der Waals surface area contributed by atoms with E-state index in [-0.39, 0.29) is 29.9 Å². The molecule has 0 bridgehead atoms. The largest absolute Gasteiger partial charge is 0.524 e. The molecule has 0 aliphatic carbocycles. The number of allylic oxidation sites excluding steroid dienone is 3. The lowest BCUT2D eigenvalue weighted by atomic mass is 9.98. The van der Waals surface area contributed by atoms with Crippen molar-refractivity contribution in [3.63, 3.8) is 0 Å². The molecule has 8 nitrogen and oxygen atoms in total. The second kappa shape index (κ2) is 9.93. The number of thiol groups is 1. The molecule has 0 spiro atoms. The number of phosphoric acid groups is 1. The molecule has 0 saturated carbocycles. The van der Waals surface area contributed by atoms with E-state index in [0.29, 0.717) is 12.1 Å². The average Bonchev–Trinajstić information content (AvgIpc) is 2.57. The first kappa shape index (κ1) is 22.2. The summed E-state index contributed by atoms with van der Waals surface area (Å²) in [6, 6.07) is 2.26. The Morgan fingerprint density at radius 2 is 1.96 bits per heavy atom. The molecule has 1 heterocycles. The van der Waals surface area contributed by atoms with Gasteiger partial charge in [-0.05, 0) is 56.7 Å². The Kier molecular flexibility index (Phi) is 7.88. The Morgan fingerprint density at radius 3 is 2.64 bits per heavy atom. The zero-order valence-corrected chi connectivity index (χ0v) is 17.0. The molecule has 1 aromatic rings. The van der Waals surface area contributed by atoms with Crippen molar-refractivity contribution in [1.82, 2.24) is 0 Å². The van der Waals surface area contributed by atoms with E-state index in [1.54, 1.807) is 0 Å². The summed E-state index contributed by atoms with van der Waals surface area (Å²) < 4.78 is 25.1. The number of carbonyl (C=O) groups excluding carboxylic acids is 1. The number of phenolic OH excluding ortho intramolecular Hbond substituents is 1. The van der Waals surface area contributed by atoms with Gasteiger partial charge < -0.3 is 14.4 Å². The van der Waals surface area contributed by atoms with Crippen molar-refractivity contribution in [2.45, 2.75) is 32.6 Å². The molecule has 0 fully saturated rings. The lowest BCUT2D eigenvalue weighted by molar-refractivity contribution is 0.0508. The molecule has 1 aromatic carbocycles. The van der Waals surface area contributed by atoms with Crippen LogP contribution in [0.3, 0.4) is 0 Å². The third-order valence-electron chi connectivity index (χ3n) is 3.89. The minimum atomic E-state index is -4.97. The quantitative estimate of drug-likeness (QED) is 0.246. The summed E-state index contributed by atoms with van der Waals surface area (Å²) in [6.45, 7) is 2.03. The predicted octanol–water partition coefficient (Wildman–Crippen LogP) is 3.54. The van der Waals surface area contributed by atoms with Crippen LogP contribution in [0, 0.1) is 0 Å². The molecule has 1 aliphatic rings. The predicted molar refractivity (Wildman–Crippen MR) is 108 cm³/mol. The standard InChI is InChI=1S/C18H22NO7PS/c1-12-6-4-2-3-5-7-25-18(21)17-13(9-14(8-12)19-28)10-15(20)11-16(17)26-27(22,23)24/h2-3,8,10-11,20,28H,4-7,9H2,1H3,(H2,22,23,24)/b3-2+,12-8+,19-14?. The molecule has 0 unspecified atom stereocenters. The molecule has 2 rings (SSSR count). The van der Waals surface area contributed by atoms with Crippen LogP contribution in [-0.4, -0.2) is 33.2 Å². The number of rotatable bonds is 2. The van der Waals surface area contributed by atoms with Crippen LogP contribution in [0.25, 0.3) is 0 Å². The Hall–Kier alpha value is -2.06. The van der Waals surface area contributed by atoms with E-state index in [1.165, 1.54) is 6.07 Å². The number of fused-ring (bicyclic) bond motifs is 1. The van der Waals surface area contributed by atoms with Crippen molar-refractivity contribution < 1.29 is 33.5 Å². The molecule has 0 saturated heterocycles. The van der Waals surface area contributed by atoms with E-state index in [0.717, 1.165) is 24.5 Å². The third kappa shape index (κ3) is 6.83. The summed E-state index contributed by atoms with van der Waals surface area (Å²) in [7, 11) is -4.97. The van der Waals surface area contributed by atoms with Gasteiger partial charge >= 0.3 is 13.8 Å². The molecular weight excluding hydrogens is 405 g/mol.